The van der Waals surface area contributed by atoms with Gasteiger partial charge in [0.25, 0.3) is 0 Å². The van der Waals surface area contributed by atoms with Gasteiger partial charge in [-0.3, -0.25) is 0 Å². The van der Waals surface area contributed by atoms with Crippen LogP contribution < -0.4 is 5.32 Å². The van der Waals surface area contributed by atoms with Crippen molar-refractivity contribution in [1.82, 2.24) is 9.97 Å². The molecule has 6 heteroatoms. The third-order valence-corrected chi connectivity index (χ3v) is 3.95. The first kappa shape index (κ1) is 11.5. The molecule has 4 nitrogen and oxygen atoms in total. The maximum Gasteiger partial charge on any atom is 0.144 e. The zero-order valence-electron chi connectivity index (χ0n) is 8.61. The second-order valence-corrected chi connectivity index (χ2v) is 4.72. The van der Waals surface area contributed by atoms with Gasteiger partial charge in [-0.1, -0.05) is 11.8 Å². The first-order valence-corrected chi connectivity index (χ1v) is 6.42. The minimum Gasteiger partial charge on any atom is -0.468 e. The van der Waals surface area contributed by atoms with Crippen LogP contribution in [-0.2, 0) is 5.75 Å². The molecule has 0 unspecified atom stereocenters. The Kier molecular flexibility index (Phi) is 3.84. The van der Waals surface area contributed by atoms with Gasteiger partial charge < -0.3 is 9.73 Å². The van der Waals surface area contributed by atoms with E-state index < -0.39 is 0 Å². The van der Waals surface area contributed by atoms with Gasteiger partial charge in [-0.05, 0) is 28.1 Å². The topological polar surface area (TPSA) is 51.0 Å². The van der Waals surface area contributed by atoms with E-state index in [1.165, 1.54) is 0 Å². The molecule has 0 aliphatic carbocycles. The molecule has 0 aliphatic heterocycles. The molecule has 2 heterocycles. The van der Waals surface area contributed by atoms with Gasteiger partial charge in [0.15, 0.2) is 0 Å². The second-order valence-electron chi connectivity index (χ2n) is 2.96. The molecular formula is C10H10BrN3OS. The standard InChI is InChI=1S/C10H10BrN3OS/c1-12-9-8(11)10(14-6-13-9)16-5-7-3-2-4-15-7/h2-4,6H,5H2,1H3,(H,12,13,14). The summed E-state index contributed by atoms with van der Waals surface area (Å²) in [6, 6.07) is 3.82. The van der Waals surface area contributed by atoms with E-state index in [-0.39, 0.29) is 0 Å². The molecule has 0 saturated heterocycles. The molecule has 0 fully saturated rings. The van der Waals surface area contributed by atoms with Crippen molar-refractivity contribution in [1.29, 1.82) is 0 Å². The van der Waals surface area contributed by atoms with Crippen LogP contribution in [0, 0.1) is 0 Å². The summed E-state index contributed by atoms with van der Waals surface area (Å²) >= 11 is 5.07. The molecule has 0 amide bonds. The number of halogens is 1. The summed E-state index contributed by atoms with van der Waals surface area (Å²) in [7, 11) is 1.83. The molecule has 2 aromatic heterocycles. The molecule has 0 atom stereocenters. The van der Waals surface area contributed by atoms with E-state index >= 15 is 0 Å². The van der Waals surface area contributed by atoms with Gasteiger partial charge in [0.05, 0.1) is 16.5 Å². The number of hydrogen-bond acceptors (Lipinski definition) is 5. The summed E-state index contributed by atoms with van der Waals surface area (Å²) in [5.41, 5.74) is 0. The zero-order chi connectivity index (χ0) is 11.4. The average Bonchev–Trinajstić information content (AvgIpc) is 2.81. The third-order valence-electron chi connectivity index (χ3n) is 1.93. The fourth-order valence-corrected chi connectivity index (χ4v) is 2.70. The number of aromatic nitrogens is 2. The number of anilines is 1. The lowest BCUT2D eigenvalue weighted by Crippen LogP contribution is -1.96. The highest BCUT2D eigenvalue weighted by molar-refractivity contribution is 9.10. The molecule has 0 aromatic carbocycles. The number of nitrogens with zero attached hydrogens (tertiary/aromatic N) is 2. The minimum absolute atomic E-state index is 0.756. The van der Waals surface area contributed by atoms with Crippen LogP contribution in [0.25, 0.3) is 0 Å². The number of nitrogens with one attached hydrogen (secondary N) is 1. The molecule has 2 aromatic rings. The number of rotatable bonds is 4. The maximum absolute atomic E-state index is 5.26. The number of hydrogen-bond donors (Lipinski definition) is 1. The molecule has 0 spiro atoms. The van der Waals surface area contributed by atoms with Crippen molar-refractivity contribution in [3.63, 3.8) is 0 Å². The smallest absolute Gasteiger partial charge is 0.144 e. The van der Waals surface area contributed by atoms with Gasteiger partial charge >= 0.3 is 0 Å². The Morgan fingerprint density at radius 1 is 1.50 bits per heavy atom. The lowest BCUT2D eigenvalue weighted by Gasteiger charge is -2.05. The fourth-order valence-electron chi connectivity index (χ4n) is 1.16. The summed E-state index contributed by atoms with van der Waals surface area (Å²) in [6.07, 6.45) is 3.21. The van der Waals surface area contributed by atoms with Crippen LogP contribution in [0.5, 0.6) is 0 Å². The van der Waals surface area contributed by atoms with Gasteiger partial charge in [-0.25, -0.2) is 9.97 Å². The summed E-state index contributed by atoms with van der Waals surface area (Å²) < 4.78 is 6.14. The highest BCUT2D eigenvalue weighted by atomic mass is 79.9. The first-order valence-electron chi connectivity index (χ1n) is 4.64. The maximum atomic E-state index is 5.26. The van der Waals surface area contributed by atoms with E-state index in [2.05, 4.69) is 31.2 Å². The molecule has 84 valence electrons. The highest BCUT2D eigenvalue weighted by Crippen LogP contribution is 2.31. The monoisotopic (exact) mass is 299 g/mol. The summed E-state index contributed by atoms with van der Waals surface area (Å²) in [5, 5.41) is 3.89. The van der Waals surface area contributed by atoms with Gasteiger partial charge in [0, 0.05) is 7.05 Å². The van der Waals surface area contributed by atoms with E-state index in [1.54, 1.807) is 24.4 Å². The predicted molar refractivity (Wildman–Crippen MR) is 67.5 cm³/mol. The van der Waals surface area contributed by atoms with Crippen molar-refractivity contribution in [2.24, 2.45) is 0 Å². The number of thioether (sulfide) groups is 1. The lowest BCUT2D eigenvalue weighted by atomic mass is 10.5. The van der Waals surface area contributed by atoms with E-state index in [1.807, 2.05) is 19.2 Å². The molecular weight excluding hydrogens is 290 g/mol. The normalized spacial score (nSPS) is 10.4. The molecule has 0 saturated carbocycles. The van der Waals surface area contributed by atoms with Crippen molar-refractivity contribution in [3.05, 3.63) is 35.0 Å². The lowest BCUT2D eigenvalue weighted by molar-refractivity contribution is 0.530. The van der Waals surface area contributed by atoms with Crippen LogP contribution in [0.2, 0.25) is 0 Å². The largest absolute Gasteiger partial charge is 0.468 e. The summed E-state index contributed by atoms with van der Waals surface area (Å²) in [6.45, 7) is 0. The quantitative estimate of drug-likeness (QED) is 0.694. The minimum atomic E-state index is 0.756. The molecule has 2 rings (SSSR count). The Morgan fingerprint density at radius 3 is 3.06 bits per heavy atom. The summed E-state index contributed by atoms with van der Waals surface area (Å²) in [5.74, 6) is 2.48. The first-order chi connectivity index (χ1) is 7.81. The van der Waals surface area contributed by atoms with E-state index in [0.717, 1.165) is 26.8 Å². The Bertz CT molecular complexity index is 461. The van der Waals surface area contributed by atoms with Gasteiger partial charge in [0.1, 0.15) is 22.9 Å². The molecule has 0 bridgehead atoms. The van der Waals surface area contributed by atoms with Crippen LogP contribution >= 0.6 is 27.7 Å². The Labute approximate surface area is 106 Å². The summed E-state index contributed by atoms with van der Waals surface area (Å²) in [4.78, 5) is 8.31. The zero-order valence-corrected chi connectivity index (χ0v) is 11.0. The Morgan fingerprint density at radius 2 is 2.38 bits per heavy atom. The van der Waals surface area contributed by atoms with Crippen LogP contribution in [0.3, 0.4) is 0 Å². The third kappa shape index (κ3) is 2.56. The Hall–Kier alpha value is -1.01. The molecule has 16 heavy (non-hydrogen) atoms. The van der Waals surface area contributed by atoms with Crippen molar-refractivity contribution in [2.45, 2.75) is 10.8 Å². The van der Waals surface area contributed by atoms with Crippen molar-refractivity contribution < 1.29 is 4.42 Å². The highest BCUT2D eigenvalue weighted by Gasteiger charge is 2.08. The van der Waals surface area contributed by atoms with Crippen LogP contribution in [0.1, 0.15) is 5.76 Å². The van der Waals surface area contributed by atoms with E-state index in [0.29, 0.717) is 0 Å². The average molecular weight is 300 g/mol. The predicted octanol–water partition coefficient (Wildman–Crippen LogP) is 3.17. The van der Waals surface area contributed by atoms with Crippen LogP contribution in [0.15, 0.2) is 38.6 Å². The SMILES string of the molecule is CNc1ncnc(SCc2ccco2)c1Br. The van der Waals surface area contributed by atoms with Gasteiger partial charge in [-0.2, -0.15) is 0 Å². The van der Waals surface area contributed by atoms with E-state index in [9.17, 15) is 0 Å². The van der Waals surface area contributed by atoms with Crippen molar-refractivity contribution >= 4 is 33.5 Å². The van der Waals surface area contributed by atoms with Crippen LogP contribution in [0.4, 0.5) is 5.82 Å². The van der Waals surface area contributed by atoms with Crippen molar-refractivity contribution in [3.8, 4) is 0 Å². The molecule has 0 aliphatic rings. The second kappa shape index (κ2) is 5.36. The molecule has 0 radical (unpaired) electrons. The van der Waals surface area contributed by atoms with E-state index in [4.69, 9.17) is 4.42 Å². The number of furan rings is 1. The Balaban J connectivity index is 2.09. The molecule has 1 N–H and O–H groups in total. The fraction of sp³-hybridized carbons (Fsp3) is 0.200. The van der Waals surface area contributed by atoms with Gasteiger partial charge in [-0.15, -0.1) is 0 Å². The van der Waals surface area contributed by atoms with Crippen molar-refractivity contribution in [2.75, 3.05) is 12.4 Å². The van der Waals surface area contributed by atoms with Crippen LogP contribution in [-0.4, -0.2) is 17.0 Å². The van der Waals surface area contributed by atoms with Gasteiger partial charge in [0.2, 0.25) is 0 Å².